The fourth-order valence-electron chi connectivity index (χ4n) is 2.81. The highest BCUT2D eigenvalue weighted by molar-refractivity contribution is 5.94. The van der Waals surface area contributed by atoms with Gasteiger partial charge in [-0.25, -0.2) is 4.63 Å². The van der Waals surface area contributed by atoms with Gasteiger partial charge in [0.1, 0.15) is 12.3 Å². The van der Waals surface area contributed by atoms with Crippen LogP contribution in [0.4, 0.5) is 0 Å². The van der Waals surface area contributed by atoms with Gasteiger partial charge in [0.25, 0.3) is 11.8 Å². The lowest BCUT2D eigenvalue weighted by Crippen LogP contribution is -2.29. The third kappa shape index (κ3) is 4.11. The van der Waals surface area contributed by atoms with Crippen LogP contribution >= 0.6 is 0 Å². The average molecular weight is 330 g/mol. The van der Waals surface area contributed by atoms with E-state index < -0.39 is 0 Å². The number of benzene rings is 1. The number of piperidine rings is 1. The largest absolute Gasteiger partial charge is 0.472 e. The van der Waals surface area contributed by atoms with Crippen molar-refractivity contribution < 1.29 is 14.2 Å². The zero-order chi connectivity index (χ0) is 16.8. The van der Waals surface area contributed by atoms with Gasteiger partial charge >= 0.3 is 0 Å². The maximum Gasteiger partial charge on any atom is 0.278 e. The molecule has 7 nitrogen and oxygen atoms in total. The summed E-state index contributed by atoms with van der Waals surface area (Å²) in [6, 6.07) is 7.86. The van der Waals surface area contributed by atoms with E-state index in [1.807, 2.05) is 24.3 Å². The SMILES string of the molecule is Cc1nonc1OCCNC(=O)c1ccc([C@@H]2CCCNC2)cc1. The zero-order valence-corrected chi connectivity index (χ0v) is 13.7. The zero-order valence-electron chi connectivity index (χ0n) is 13.7. The second kappa shape index (κ2) is 7.92. The van der Waals surface area contributed by atoms with E-state index in [-0.39, 0.29) is 5.91 Å². The number of ether oxygens (including phenoxy) is 1. The van der Waals surface area contributed by atoms with Gasteiger partial charge in [-0.05, 0) is 55.1 Å². The number of carbonyl (C=O) groups excluding carboxylic acids is 1. The lowest BCUT2D eigenvalue weighted by atomic mass is 9.91. The first-order valence-corrected chi connectivity index (χ1v) is 8.25. The molecule has 2 aromatic rings. The van der Waals surface area contributed by atoms with E-state index in [0.29, 0.717) is 36.2 Å². The smallest absolute Gasteiger partial charge is 0.278 e. The Balaban J connectivity index is 1.45. The van der Waals surface area contributed by atoms with Gasteiger partial charge in [-0.1, -0.05) is 17.3 Å². The molecule has 1 aliphatic heterocycles. The monoisotopic (exact) mass is 330 g/mol. The highest BCUT2D eigenvalue weighted by atomic mass is 16.6. The molecule has 1 amide bonds. The van der Waals surface area contributed by atoms with Crippen LogP contribution in [0.15, 0.2) is 28.9 Å². The number of hydrogen-bond acceptors (Lipinski definition) is 6. The summed E-state index contributed by atoms with van der Waals surface area (Å²) < 4.78 is 9.91. The predicted molar refractivity (Wildman–Crippen MR) is 88.1 cm³/mol. The molecule has 1 atom stereocenters. The summed E-state index contributed by atoms with van der Waals surface area (Å²) in [7, 11) is 0. The molecule has 1 aliphatic rings. The Morgan fingerprint density at radius 2 is 2.21 bits per heavy atom. The number of amides is 1. The quantitative estimate of drug-likeness (QED) is 0.783. The van der Waals surface area contributed by atoms with Crippen LogP contribution in [0.25, 0.3) is 0 Å². The summed E-state index contributed by atoms with van der Waals surface area (Å²) in [6.07, 6.45) is 2.40. The van der Waals surface area contributed by atoms with Crippen molar-refractivity contribution in [3.8, 4) is 5.88 Å². The summed E-state index contributed by atoms with van der Waals surface area (Å²) in [6.45, 7) is 4.56. The Hall–Kier alpha value is -2.41. The van der Waals surface area contributed by atoms with E-state index in [2.05, 4.69) is 25.6 Å². The van der Waals surface area contributed by atoms with Gasteiger partial charge in [0.2, 0.25) is 0 Å². The van der Waals surface area contributed by atoms with Crippen molar-refractivity contribution in [2.24, 2.45) is 0 Å². The van der Waals surface area contributed by atoms with Crippen molar-refractivity contribution in [2.45, 2.75) is 25.7 Å². The Labute approximate surface area is 140 Å². The first-order chi connectivity index (χ1) is 11.7. The number of nitrogens with one attached hydrogen (secondary N) is 2. The van der Waals surface area contributed by atoms with Gasteiger partial charge in [-0.15, -0.1) is 0 Å². The second-order valence-electron chi connectivity index (χ2n) is 5.92. The molecule has 0 bridgehead atoms. The van der Waals surface area contributed by atoms with Crippen LogP contribution in [-0.4, -0.2) is 42.5 Å². The topological polar surface area (TPSA) is 89.3 Å². The van der Waals surface area contributed by atoms with E-state index in [4.69, 9.17) is 4.74 Å². The maximum atomic E-state index is 12.1. The molecule has 1 aromatic heterocycles. The van der Waals surface area contributed by atoms with E-state index in [1.54, 1.807) is 6.92 Å². The van der Waals surface area contributed by atoms with Crippen LogP contribution in [0, 0.1) is 6.92 Å². The molecule has 0 radical (unpaired) electrons. The number of nitrogens with zero attached hydrogens (tertiary/aromatic N) is 2. The van der Waals surface area contributed by atoms with E-state index >= 15 is 0 Å². The second-order valence-corrected chi connectivity index (χ2v) is 5.92. The molecule has 1 fully saturated rings. The molecule has 1 aromatic carbocycles. The Bertz CT molecular complexity index is 663. The van der Waals surface area contributed by atoms with Crippen LogP contribution in [0.3, 0.4) is 0 Å². The minimum atomic E-state index is -0.109. The summed E-state index contributed by atoms with van der Waals surface area (Å²) >= 11 is 0. The van der Waals surface area contributed by atoms with Crippen molar-refractivity contribution in [2.75, 3.05) is 26.2 Å². The molecule has 3 rings (SSSR count). The molecular weight excluding hydrogens is 308 g/mol. The van der Waals surface area contributed by atoms with Crippen LogP contribution in [0.1, 0.15) is 40.4 Å². The number of aromatic nitrogens is 2. The predicted octanol–water partition coefficient (Wildman–Crippen LogP) is 1.65. The van der Waals surface area contributed by atoms with E-state index in [1.165, 1.54) is 18.4 Å². The number of carbonyl (C=O) groups is 1. The fraction of sp³-hybridized carbons (Fsp3) is 0.471. The first kappa shape index (κ1) is 16.4. The maximum absolute atomic E-state index is 12.1. The molecule has 0 saturated carbocycles. The van der Waals surface area contributed by atoms with Gasteiger partial charge in [0, 0.05) is 12.1 Å². The normalized spacial score (nSPS) is 17.5. The highest BCUT2D eigenvalue weighted by Crippen LogP contribution is 2.23. The molecule has 7 heteroatoms. The number of aryl methyl sites for hydroxylation is 1. The lowest BCUT2D eigenvalue weighted by Gasteiger charge is -2.23. The molecule has 24 heavy (non-hydrogen) atoms. The van der Waals surface area contributed by atoms with Crippen molar-refractivity contribution in [1.82, 2.24) is 20.9 Å². The average Bonchev–Trinajstić information content (AvgIpc) is 3.04. The van der Waals surface area contributed by atoms with Crippen molar-refractivity contribution in [1.29, 1.82) is 0 Å². The Kier molecular flexibility index (Phi) is 5.43. The molecule has 0 unspecified atom stereocenters. The van der Waals surface area contributed by atoms with Crippen LogP contribution in [0.5, 0.6) is 5.88 Å². The molecule has 1 saturated heterocycles. The summed E-state index contributed by atoms with van der Waals surface area (Å²) in [5, 5.41) is 13.5. The van der Waals surface area contributed by atoms with Gasteiger partial charge in [0.15, 0.2) is 0 Å². The summed E-state index contributed by atoms with van der Waals surface area (Å²) in [5.41, 5.74) is 2.53. The van der Waals surface area contributed by atoms with Crippen molar-refractivity contribution >= 4 is 5.91 Å². The van der Waals surface area contributed by atoms with Gasteiger partial charge in [0.05, 0.1) is 6.54 Å². The minimum Gasteiger partial charge on any atom is -0.472 e. The molecule has 0 spiro atoms. The van der Waals surface area contributed by atoms with Gasteiger partial charge in [-0.3, -0.25) is 4.79 Å². The summed E-state index contributed by atoms with van der Waals surface area (Å²) in [5.74, 6) is 0.792. The highest BCUT2D eigenvalue weighted by Gasteiger charge is 2.15. The third-order valence-electron chi connectivity index (χ3n) is 4.18. The van der Waals surface area contributed by atoms with Gasteiger partial charge < -0.3 is 15.4 Å². The Morgan fingerprint density at radius 1 is 1.38 bits per heavy atom. The number of rotatable bonds is 6. The van der Waals surface area contributed by atoms with Crippen LogP contribution in [0.2, 0.25) is 0 Å². The van der Waals surface area contributed by atoms with E-state index in [9.17, 15) is 4.79 Å². The molecule has 128 valence electrons. The third-order valence-corrected chi connectivity index (χ3v) is 4.18. The minimum absolute atomic E-state index is 0.109. The standard InChI is InChI=1S/C17H22N4O3/c1-12-17(21-24-20-12)23-10-9-19-16(22)14-6-4-13(5-7-14)15-3-2-8-18-11-15/h4-7,15,18H,2-3,8-11H2,1H3,(H,19,22)/t15-/m1/s1. The van der Waals surface area contributed by atoms with Crippen LogP contribution in [-0.2, 0) is 0 Å². The summed E-state index contributed by atoms with van der Waals surface area (Å²) in [4.78, 5) is 12.1. The Morgan fingerprint density at radius 3 is 2.88 bits per heavy atom. The fourth-order valence-corrected chi connectivity index (χ4v) is 2.81. The molecule has 0 aliphatic carbocycles. The van der Waals surface area contributed by atoms with Crippen LogP contribution < -0.4 is 15.4 Å². The molecule has 2 N–H and O–H groups in total. The molecular formula is C17H22N4O3. The first-order valence-electron chi connectivity index (χ1n) is 8.25. The van der Waals surface area contributed by atoms with Gasteiger partial charge in [-0.2, -0.15) is 0 Å². The lowest BCUT2D eigenvalue weighted by molar-refractivity contribution is 0.0946. The van der Waals surface area contributed by atoms with Crippen molar-refractivity contribution in [3.63, 3.8) is 0 Å². The van der Waals surface area contributed by atoms with E-state index in [0.717, 1.165) is 13.1 Å². The number of hydrogen-bond donors (Lipinski definition) is 2. The van der Waals surface area contributed by atoms with Crippen molar-refractivity contribution in [3.05, 3.63) is 41.1 Å². The molecule has 2 heterocycles.